The lowest BCUT2D eigenvalue weighted by Gasteiger charge is -2.29. The number of piperidine rings is 1. The van der Waals surface area contributed by atoms with Crippen LogP contribution in [-0.4, -0.2) is 34.1 Å². The highest BCUT2D eigenvalue weighted by atomic mass is 35.5. The number of halogens is 1. The van der Waals surface area contributed by atoms with Crippen molar-refractivity contribution in [3.8, 4) is 0 Å². The third-order valence-electron chi connectivity index (χ3n) is 2.68. The van der Waals surface area contributed by atoms with E-state index in [9.17, 15) is 4.79 Å². The Bertz CT molecular complexity index is 339. The maximum absolute atomic E-state index is 10.7. The number of hydrogen-bond acceptors (Lipinski definition) is 4. The van der Waals surface area contributed by atoms with Crippen molar-refractivity contribution in [2.24, 2.45) is 5.92 Å². The average molecular weight is 244 g/mol. The van der Waals surface area contributed by atoms with Gasteiger partial charge in [0.05, 0.1) is 5.92 Å². The van der Waals surface area contributed by atoms with Gasteiger partial charge in [0, 0.05) is 25.5 Å². The molecule has 1 fully saturated rings. The molecule has 0 aliphatic carbocycles. The average Bonchev–Trinajstić information content (AvgIpc) is 2.30. The largest absolute Gasteiger partial charge is 0.481 e. The van der Waals surface area contributed by atoms with Crippen LogP contribution in [0.4, 0.5) is 5.95 Å². The molecule has 16 heavy (non-hydrogen) atoms. The first-order valence-electron chi connectivity index (χ1n) is 5.02. The monoisotopic (exact) mass is 243 g/mol. The first-order valence-corrected chi connectivity index (χ1v) is 5.02. The van der Waals surface area contributed by atoms with E-state index in [2.05, 4.69) is 9.97 Å². The number of carboxylic acids is 1. The summed E-state index contributed by atoms with van der Waals surface area (Å²) in [6.45, 7) is 1.45. The maximum Gasteiger partial charge on any atom is 0.306 e. The minimum Gasteiger partial charge on any atom is -0.481 e. The summed E-state index contributed by atoms with van der Waals surface area (Å²) in [5.41, 5.74) is 0. The molecule has 0 amide bonds. The Morgan fingerprint density at radius 1 is 1.31 bits per heavy atom. The second-order valence-electron chi connectivity index (χ2n) is 3.65. The molecule has 0 radical (unpaired) electrons. The van der Waals surface area contributed by atoms with Gasteiger partial charge in [-0.25, -0.2) is 9.97 Å². The smallest absolute Gasteiger partial charge is 0.306 e. The second kappa shape index (κ2) is 5.65. The summed E-state index contributed by atoms with van der Waals surface area (Å²) in [5, 5.41) is 8.85. The Balaban J connectivity index is 0.00000128. The first kappa shape index (κ1) is 12.7. The SMILES string of the molecule is Cl.O=C(O)C1CCN(c2ncccn2)CC1. The van der Waals surface area contributed by atoms with Crippen LogP contribution in [0, 0.1) is 5.92 Å². The molecule has 2 heterocycles. The molecular weight excluding hydrogens is 230 g/mol. The molecule has 88 valence electrons. The van der Waals surface area contributed by atoms with Crippen LogP contribution in [0.5, 0.6) is 0 Å². The summed E-state index contributed by atoms with van der Waals surface area (Å²) >= 11 is 0. The maximum atomic E-state index is 10.7. The molecule has 2 rings (SSSR count). The van der Waals surface area contributed by atoms with Gasteiger partial charge in [0.1, 0.15) is 0 Å². The van der Waals surface area contributed by atoms with E-state index < -0.39 is 5.97 Å². The fourth-order valence-electron chi connectivity index (χ4n) is 1.78. The van der Waals surface area contributed by atoms with Crippen LogP contribution in [0.1, 0.15) is 12.8 Å². The zero-order chi connectivity index (χ0) is 10.7. The third kappa shape index (κ3) is 2.82. The zero-order valence-electron chi connectivity index (χ0n) is 8.74. The Morgan fingerprint density at radius 2 is 1.88 bits per heavy atom. The fraction of sp³-hybridized carbons (Fsp3) is 0.500. The molecule has 0 aromatic carbocycles. The van der Waals surface area contributed by atoms with Gasteiger partial charge in [-0.15, -0.1) is 12.4 Å². The molecule has 0 bridgehead atoms. The van der Waals surface area contributed by atoms with E-state index in [0.29, 0.717) is 18.8 Å². The number of rotatable bonds is 2. The highest BCUT2D eigenvalue weighted by molar-refractivity contribution is 5.85. The summed E-state index contributed by atoms with van der Waals surface area (Å²) in [6.07, 6.45) is 4.75. The summed E-state index contributed by atoms with van der Waals surface area (Å²) in [6, 6.07) is 1.77. The van der Waals surface area contributed by atoms with Crippen molar-refractivity contribution in [3.05, 3.63) is 18.5 Å². The number of aliphatic carboxylic acids is 1. The predicted octanol–water partition coefficient (Wildman–Crippen LogP) is 1.20. The molecule has 1 aliphatic rings. The molecule has 6 heteroatoms. The normalized spacial score (nSPS) is 16.6. The molecule has 1 aliphatic heterocycles. The lowest BCUT2D eigenvalue weighted by atomic mass is 9.97. The van der Waals surface area contributed by atoms with Crippen LogP contribution < -0.4 is 4.90 Å². The van der Waals surface area contributed by atoms with Gasteiger partial charge >= 0.3 is 5.97 Å². The van der Waals surface area contributed by atoms with E-state index >= 15 is 0 Å². The van der Waals surface area contributed by atoms with Crippen LogP contribution in [0.25, 0.3) is 0 Å². The summed E-state index contributed by atoms with van der Waals surface area (Å²) < 4.78 is 0. The van der Waals surface area contributed by atoms with Gasteiger partial charge in [-0.2, -0.15) is 0 Å². The van der Waals surface area contributed by atoms with E-state index in [1.54, 1.807) is 18.5 Å². The number of carboxylic acid groups (broad SMARTS) is 1. The standard InChI is InChI=1S/C10H13N3O2.ClH/c14-9(15)8-2-6-13(7-3-8)10-11-4-1-5-12-10;/h1,4-5,8H,2-3,6-7H2,(H,14,15);1H. The second-order valence-corrected chi connectivity index (χ2v) is 3.65. The van der Waals surface area contributed by atoms with Gasteiger partial charge in [-0.1, -0.05) is 0 Å². The lowest BCUT2D eigenvalue weighted by Crippen LogP contribution is -2.37. The van der Waals surface area contributed by atoms with Gasteiger partial charge in [-0.05, 0) is 18.9 Å². The van der Waals surface area contributed by atoms with Crippen molar-refractivity contribution in [1.82, 2.24) is 9.97 Å². The van der Waals surface area contributed by atoms with Crippen molar-refractivity contribution in [2.45, 2.75) is 12.8 Å². The Hall–Kier alpha value is -1.36. The predicted molar refractivity (Wildman–Crippen MR) is 61.9 cm³/mol. The van der Waals surface area contributed by atoms with Crippen molar-refractivity contribution in [1.29, 1.82) is 0 Å². The quantitative estimate of drug-likeness (QED) is 0.846. The molecule has 1 aromatic rings. The number of hydrogen-bond donors (Lipinski definition) is 1. The third-order valence-corrected chi connectivity index (χ3v) is 2.68. The minimum atomic E-state index is -0.691. The zero-order valence-corrected chi connectivity index (χ0v) is 9.56. The van der Waals surface area contributed by atoms with Crippen molar-refractivity contribution in [3.63, 3.8) is 0 Å². The van der Waals surface area contributed by atoms with E-state index in [1.165, 1.54) is 0 Å². The molecule has 0 saturated carbocycles. The van der Waals surface area contributed by atoms with Crippen LogP contribution in [0.2, 0.25) is 0 Å². The molecule has 0 atom stereocenters. The molecule has 0 spiro atoms. The number of carbonyl (C=O) groups is 1. The van der Waals surface area contributed by atoms with Gasteiger partial charge < -0.3 is 10.0 Å². The van der Waals surface area contributed by atoms with Gasteiger partial charge in [0.25, 0.3) is 0 Å². The van der Waals surface area contributed by atoms with E-state index in [-0.39, 0.29) is 18.3 Å². The van der Waals surface area contributed by atoms with Gasteiger partial charge in [0.2, 0.25) is 5.95 Å². The summed E-state index contributed by atoms with van der Waals surface area (Å²) in [5.74, 6) is -0.199. The molecule has 1 N–H and O–H groups in total. The molecular formula is C10H14ClN3O2. The van der Waals surface area contributed by atoms with E-state index in [1.807, 2.05) is 4.90 Å². The van der Waals surface area contributed by atoms with E-state index in [4.69, 9.17) is 5.11 Å². The van der Waals surface area contributed by atoms with E-state index in [0.717, 1.165) is 13.1 Å². The minimum absolute atomic E-state index is 0. The lowest BCUT2D eigenvalue weighted by molar-refractivity contribution is -0.142. The Labute approximate surface area is 99.9 Å². The Morgan fingerprint density at radius 3 is 2.38 bits per heavy atom. The van der Waals surface area contributed by atoms with Crippen LogP contribution >= 0.6 is 12.4 Å². The fourth-order valence-corrected chi connectivity index (χ4v) is 1.78. The van der Waals surface area contributed by atoms with Crippen molar-refractivity contribution in [2.75, 3.05) is 18.0 Å². The molecule has 0 unspecified atom stereocenters. The molecule has 1 aromatic heterocycles. The van der Waals surface area contributed by atoms with Gasteiger partial charge in [-0.3, -0.25) is 4.79 Å². The highest BCUT2D eigenvalue weighted by Crippen LogP contribution is 2.19. The Kier molecular flexibility index (Phi) is 4.49. The number of aromatic nitrogens is 2. The van der Waals surface area contributed by atoms with Crippen LogP contribution in [0.3, 0.4) is 0 Å². The van der Waals surface area contributed by atoms with Gasteiger partial charge in [0.15, 0.2) is 0 Å². The first-order chi connectivity index (χ1) is 7.27. The number of anilines is 1. The van der Waals surface area contributed by atoms with Crippen molar-refractivity contribution >= 4 is 24.3 Å². The summed E-state index contributed by atoms with van der Waals surface area (Å²) in [7, 11) is 0. The topological polar surface area (TPSA) is 66.3 Å². The molecule has 5 nitrogen and oxygen atoms in total. The highest BCUT2D eigenvalue weighted by Gasteiger charge is 2.25. The summed E-state index contributed by atoms with van der Waals surface area (Å²) in [4.78, 5) is 21.1. The van der Waals surface area contributed by atoms with Crippen LogP contribution in [0.15, 0.2) is 18.5 Å². The van der Waals surface area contributed by atoms with Crippen LogP contribution in [-0.2, 0) is 4.79 Å². The number of nitrogens with zero attached hydrogens (tertiary/aromatic N) is 3. The molecule has 1 saturated heterocycles. The van der Waals surface area contributed by atoms with Crippen molar-refractivity contribution < 1.29 is 9.90 Å².